The van der Waals surface area contributed by atoms with Crippen LogP contribution in [0.15, 0.2) is 36.7 Å². The van der Waals surface area contributed by atoms with Crippen molar-refractivity contribution in [3.8, 4) is 0 Å². The Labute approximate surface area is 152 Å². The lowest BCUT2D eigenvalue weighted by atomic mass is 10.1. The third-order valence-electron chi connectivity index (χ3n) is 4.37. The van der Waals surface area contributed by atoms with Crippen LogP contribution in [0.4, 0.5) is 0 Å². The van der Waals surface area contributed by atoms with E-state index in [1.807, 2.05) is 26.1 Å². The molecular formula is C19H22N4O3. The molecule has 0 saturated heterocycles. The van der Waals surface area contributed by atoms with Crippen LogP contribution in [-0.2, 0) is 6.54 Å². The molecule has 3 rings (SSSR count). The van der Waals surface area contributed by atoms with Gasteiger partial charge in [0.1, 0.15) is 0 Å². The maximum atomic E-state index is 12.5. The lowest BCUT2D eigenvalue weighted by Gasteiger charge is -2.14. The van der Waals surface area contributed by atoms with Crippen molar-refractivity contribution < 1.29 is 14.4 Å². The number of nitrogens with one attached hydrogen (secondary N) is 1. The van der Waals surface area contributed by atoms with Gasteiger partial charge in [-0.3, -0.25) is 24.0 Å². The SMILES string of the molecule is CCCCN1C(=O)c2ccc(C(=O)NC(C)Cn3cccn3)cc2C1=O. The number of carbonyl (C=O) groups is 3. The number of nitrogens with zero attached hydrogens (tertiary/aromatic N) is 3. The quantitative estimate of drug-likeness (QED) is 0.772. The largest absolute Gasteiger partial charge is 0.348 e. The Balaban J connectivity index is 1.71. The number of hydrogen-bond donors (Lipinski definition) is 1. The lowest BCUT2D eigenvalue weighted by Crippen LogP contribution is -2.35. The zero-order valence-electron chi connectivity index (χ0n) is 14.9. The van der Waals surface area contributed by atoms with Crippen molar-refractivity contribution in [3.05, 3.63) is 53.3 Å². The van der Waals surface area contributed by atoms with Gasteiger partial charge in [-0.2, -0.15) is 5.10 Å². The Morgan fingerprint density at radius 2 is 2.00 bits per heavy atom. The summed E-state index contributed by atoms with van der Waals surface area (Å²) in [5.74, 6) is -0.880. The van der Waals surface area contributed by atoms with Crippen LogP contribution in [0.25, 0.3) is 0 Å². The molecule has 0 saturated carbocycles. The first kappa shape index (κ1) is 17.8. The van der Waals surface area contributed by atoms with Crippen molar-refractivity contribution in [1.29, 1.82) is 0 Å². The van der Waals surface area contributed by atoms with E-state index in [0.717, 1.165) is 12.8 Å². The average Bonchev–Trinajstić information content (AvgIpc) is 3.21. The molecule has 0 spiro atoms. The number of unbranched alkanes of at least 4 members (excludes halogenated alkanes) is 1. The Hall–Kier alpha value is -2.96. The molecular weight excluding hydrogens is 332 g/mol. The molecule has 7 heteroatoms. The molecule has 26 heavy (non-hydrogen) atoms. The van der Waals surface area contributed by atoms with Crippen molar-refractivity contribution in [3.63, 3.8) is 0 Å². The van der Waals surface area contributed by atoms with Crippen molar-refractivity contribution in [1.82, 2.24) is 20.0 Å². The summed E-state index contributed by atoms with van der Waals surface area (Å²) in [5.41, 5.74) is 1.04. The smallest absolute Gasteiger partial charge is 0.261 e. The van der Waals surface area contributed by atoms with E-state index in [0.29, 0.717) is 29.8 Å². The van der Waals surface area contributed by atoms with E-state index in [4.69, 9.17) is 0 Å². The maximum Gasteiger partial charge on any atom is 0.261 e. The van der Waals surface area contributed by atoms with Crippen LogP contribution in [0.1, 0.15) is 57.8 Å². The summed E-state index contributed by atoms with van der Waals surface area (Å²) in [6.07, 6.45) is 5.17. The van der Waals surface area contributed by atoms with Crippen LogP contribution in [-0.4, -0.2) is 45.0 Å². The Morgan fingerprint density at radius 3 is 2.69 bits per heavy atom. The summed E-state index contributed by atoms with van der Waals surface area (Å²) in [4.78, 5) is 38.6. The molecule has 0 radical (unpaired) electrons. The van der Waals surface area contributed by atoms with Gasteiger partial charge in [0.05, 0.1) is 17.7 Å². The Morgan fingerprint density at radius 1 is 1.23 bits per heavy atom. The second-order valence-electron chi connectivity index (χ2n) is 6.48. The number of aromatic nitrogens is 2. The number of fused-ring (bicyclic) bond motifs is 1. The maximum absolute atomic E-state index is 12.5. The highest BCUT2D eigenvalue weighted by atomic mass is 16.2. The third-order valence-corrected chi connectivity index (χ3v) is 4.37. The molecule has 3 amide bonds. The van der Waals surface area contributed by atoms with Gasteiger partial charge in [0.25, 0.3) is 17.7 Å². The lowest BCUT2D eigenvalue weighted by molar-refractivity contribution is 0.0652. The second-order valence-corrected chi connectivity index (χ2v) is 6.48. The van der Waals surface area contributed by atoms with Gasteiger partial charge in [-0.15, -0.1) is 0 Å². The molecule has 1 N–H and O–H groups in total. The third kappa shape index (κ3) is 3.51. The predicted octanol–water partition coefficient (Wildman–Crippen LogP) is 2.10. The first-order valence-electron chi connectivity index (χ1n) is 8.79. The summed E-state index contributed by atoms with van der Waals surface area (Å²) >= 11 is 0. The highest BCUT2D eigenvalue weighted by Crippen LogP contribution is 2.24. The van der Waals surface area contributed by atoms with Crippen molar-refractivity contribution >= 4 is 17.7 Å². The molecule has 1 aromatic carbocycles. The first-order chi connectivity index (χ1) is 12.5. The molecule has 0 fully saturated rings. The summed E-state index contributed by atoms with van der Waals surface area (Å²) in [7, 11) is 0. The minimum absolute atomic E-state index is 0.131. The summed E-state index contributed by atoms with van der Waals surface area (Å²) in [6, 6.07) is 6.35. The molecule has 0 bridgehead atoms. The second kappa shape index (κ2) is 7.51. The molecule has 2 heterocycles. The molecule has 1 atom stereocenters. The standard InChI is InChI=1S/C19H22N4O3/c1-3-4-10-23-18(25)15-7-6-14(11-16(15)19(23)26)17(24)21-13(2)12-22-9-5-8-20-22/h5-9,11,13H,3-4,10,12H2,1-2H3,(H,21,24). The zero-order chi connectivity index (χ0) is 18.7. The van der Waals surface area contributed by atoms with Crippen molar-refractivity contribution in [2.24, 2.45) is 0 Å². The van der Waals surface area contributed by atoms with Crippen LogP contribution in [0.2, 0.25) is 0 Å². The molecule has 7 nitrogen and oxygen atoms in total. The van der Waals surface area contributed by atoms with E-state index < -0.39 is 0 Å². The van der Waals surface area contributed by atoms with Crippen LogP contribution >= 0.6 is 0 Å². The fourth-order valence-corrected chi connectivity index (χ4v) is 2.99. The average molecular weight is 354 g/mol. The van der Waals surface area contributed by atoms with Gasteiger partial charge in [0, 0.05) is 30.5 Å². The van der Waals surface area contributed by atoms with Crippen LogP contribution < -0.4 is 5.32 Å². The highest BCUT2D eigenvalue weighted by molar-refractivity contribution is 6.22. The van der Waals surface area contributed by atoms with E-state index in [1.54, 1.807) is 23.0 Å². The number of rotatable bonds is 7. The molecule has 136 valence electrons. The van der Waals surface area contributed by atoms with Crippen molar-refractivity contribution in [2.75, 3.05) is 6.54 Å². The minimum Gasteiger partial charge on any atom is -0.348 e. The van der Waals surface area contributed by atoms with Crippen molar-refractivity contribution in [2.45, 2.75) is 39.3 Å². The highest BCUT2D eigenvalue weighted by Gasteiger charge is 2.35. The summed E-state index contributed by atoms with van der Waals surface area (Å²) in [5, 5.41) is 7.00. The number of hydrogen-bond acceptors (Lipinski definition) is 4. The molecule has 1 aliphatic heterocycles. The van der Waals surface area contributed by atoms with Gasteiger partial charge in [0.15, 0.2) is 0 Å². The fourth-order valence-electron chi connectivity index (χ4n) is 2.99. The minimum atomic E-state index is -0.322. The number of amides is 3. The van der Waals surface area contributed by atoms with Gasteiger partial charge in [-0.05, 0) is 37.6 Å². The monoisotopic (exact) mass is 354 g/mol. The van der Waals surface area contributed by atoms with Gasteiger partial charge < -0.3 is 5.32 Å². The molecule has 0 aliphatic carbocycles. The molecule has 1 aromatic heterocycles. The number of carbonyl (C=O) groups excluding carboxylic acids is 3. The summed E-state index contributed by atoms with van der Waals surface area (Å²) in [6.45, 7) is 4.84. The van der Waals surface area contributed by atoms with E-state index in [2.05, 4.69) is 10.4 Å². The Kier molecular flexibility index (Phi) is 5.16. The fraction of sp³-hybridized carbons (Fsp3) is 0.368. The topological polar surface area (TPSA) is 84.3 Å². The van der Waals surface area contributed by atoms with Gasteiger partial charge >= 0.3 is 0 Å². The van der Waals surface area contributed by atoms with Crippen LogP contribution in [0, 0.1) is 0 Å². The van der Waals surface area contributed by atoms with E-state index in [1.165, 1.54) is 11.0 Å². The first-order valence-corrected chi connectivity index (χ1v) is 8.79. The Bertz CT molecular complexity index is 829. The van der Waals surface area contributed by atoms with E-state index in [9.17, 15) is 14.4 Å². The molecule has 1 aliphatic rings. The van der Waals surface area contributed by atoms with Gasteiger partial charge in [-0.25, -0.2) is 0 Å². The van der Waals surface area contributed by atoms with Crippen LogP contribution in [0.5, 0.6) is 0 Å². The predicted molar refractivity (Wildman–Crippen MR) is 95.9 cm³/mol. The van der Waals surface area contributed by atoms with Crippen LogP contribution in [0.3, 0.4) is 0 Å². The zero-order valence-corrected chi connectivity index (χ0v) is 14.9. The molecule has 2 aromatic rings. The normalized spacial score (nSPS) is 14.5. The number of imide groups is 1. The number of benzene rings is 1. The van der Waals surface area contributed by atoms with Gasteiger partial charge in [-0.1, -0.05) is 13.3 Å². The molecule has 1 unspecified atom stereocenters. The van der Waals surface area contributed by atoms with Gasteiger partial charge in [0.2, 0.25) is 0 Å². The van der Waals surface area contributed by atoms with E-state index in [-0.39, 0.29) is 23.8 Å². The summed E-state index contributed by atoms with van der Waals surface area (Å²) < 4.78 is 1.74. The van der Waals surface area contributed by atoms with E-state index >= 15 is 0 Å².